The Morgan fingerprint density at radius 1 is 0.464 bits per heavy atom. The predicted molar refractivity (Wildman–Crippen MR) is 125 cm³/mol. The smallest absolute Gasteiger partial charge is 0.0383 e. The summed E-state index contributed by atoms with van der Waals surface area (Å²) >= 11 is 0. The minimum Gasteiger partial charge on any atom is -0.0651 e. The van der Waals surface area contributed by atoms with Crippen molar-refractivity contribution < 1.29 is 0 Å². The first-order valence-electron chi connectivity index (χ1n) is 13.7. The van der Waals surface area contributed by atoms with Crippen molar-refractivity contribution >= 4 is 0 Å². The molecule has 3 saturated carbocycles. The second-order valence-corrected chi connectivity index (χ2v) is 11.7. The van der Waals surface area contributed by atoms with Gasteiger partial charge in [-0.2, -0.15) is 0 Å². The molecule has 0 aliphatic heterocycles. The molecule has 0 bridgehead atoms. The van der Waals surface area contributed by atoms with Crippen LogP contribution in [0.25, 0.3) is 0 Å². The Bertz CT molecular complexity index is 412. The molecule has 164 valence electrons. The van der Waals surface area contributed by atoms with Gasteiger partial charge in [-0.15, -0.1) is 0 Å². The topological polar surface area (TPSA) is 0 Å². The molecule has 0 spiro atoms. The molecule has 28 heavy (non-hydrogen) atoms. The van der Waals surface area contributed by atoms with Crippen LogP contribution in [0.1, 0.15) is 136 Å². The summed E-state index contributed by atoms with van der Waals surface area (Å²) in [5.74, 6) is 7.23. The van der Waals surface area contributed by atoms with Crippen LogP contribution < -0.4 is 0 Å². The molecule has 0 nitrogen and oxygen atoms in total. The molecule has 0 heteroatoms. The van der Waals surface area contributed by atoms with E-state index in [9.17, 15) is 0 Å². The second-order valence-electron chi connectivity index (χ2n) is 11.7. The van der Waals surface area contributed by atoms with E-state index >= 15 is 0 Å². The zero-order valence-electron chi connectivity index (χ0n) is 19.8. The van der Waals surface area contributed by atoms with Gasteiger partial charge < -0.3 is 0 Å². The zero-order valence-corrected chi connectivity index (χ0v) is 19.8. The van der Waals surface area contributed by atoms with Crippen molar-refractivity contribution in [2.24, 2.45) is 41.4 Å². The maximum Gasteiger partial charge on any atom is -0.0383 e. The summed E-state index contributed by atoms with van der Waals surface area (Å²) in [5, 5.41) is 0. The molecule has 3 fully saturated rings. The Morgan fingerprint density at radius 2 is 0.964 bits per heavy atom. The maximum atomic E-state index is 2.54. The first-order chi connectivity index (χ1) is 13.7. The highest BCUT2D eigenvalue weighted by molar-refractivity contribution is 4.82. The van der Waals surface area contributed by atoms with Crippen LogP contribution in [0.4, 0.5) is 0 Å². The van der Waals surface area contributed by atoms with Gasteiger partial charge in [0.25, 0.3) is 0 Å². The fraction of sp³-hybridized carbons (Fsp3) is 1.00. The van der Waals surface area contributed by atoms with Crippen molar-refractivity contribution in [3.63, 3.8) is 0 Å². The van der Waals surface area contributed by atoms with E-state index in [-0.39, 0.29) is 0 Å². The van der Waals surface area contributed by atoms with Gasteiger partial charge in [0.15, 0.2) is 0 Å². The van der Waals surface area contributed by atoms with Crippen LogP contribution in [-0.2, 0) is 0 Å². The molecule has 0 saturated heterocycles. The zero-order chi connectivity index (χ0) is 19.8. The van der Waals surface area contributed by atoms with Gasteiger partial charge in [0, 0.05) is 0 Å². The van der Waals surface area contributed by atoms with Crippen LogP contribution in [0.5, 0.6) is 0 Å². The van der Waals surface area contributed by atoms with E-state index in [1.165, 1.54) is 51.4 Å². The minimum absolute atomic E-state index is 0.958. The van der Waals surface area contributed by atoms with Crippen LogP contribution in [-0.4, -0.2) is 0 Å². The first kappa shape index (κ1) is 22.7. The number of fused-ring (bicyclic) bond motifs is 1. The quantitative estimate of drug-likeness (QED) is 0.442. The van der Waals surface area contributed by atoms with Crippen molar-refractivity contribution in [2.45, 2.75) is 136 Å². The van der Waals surface area contributed by atoms with Crippen molar-refractivity contribution in [3.8, 4) is 0 Å². The molecule has 0 N–H and O–H groups in total. The van der Waals surface area contributed by atoms with Crippen molar-refractivity contribution in [3.05, 3.63) is 0 Å². The predicted octanol–water partition coefficient (Wildman–Crippen LogP) is 9.42. The largest absolute Gasteiger partial charge is 0.0651 e. The lowest BCUT2D eigenvalue weighted by Gasteiger charge is -2.37. The Labute approximate surface area is 178 Å². The molecule has 3 rings (SSSR count). The van der Waals surface area contributed by atoms with E-state index in [4.69, 9.17) is 0 Å². The van der Waals surface area contributed by atoms with Crippen molar-refractivity contribution in [2.75, 3.05) is 0 Å². The van der Waals surface area contributed by atoms with Crippen LogP contribution in [0.3, 0.4) is 0 Å². The highest BCUT2D eigenvalue weighted by Gasteiger charge is 2.30. The number of rotatable bonds is 2. The standard InChI is InChI=1S/C28H52/c1-4-24-17-19-26-12-8-7-11-25(26)14-9-15-28(21-24)27-13-6-5-10-22(2)20-23(3)16-18-27/h22-28H,4-21H2,1-3H3. The molecule has 0 amide bonds. The maximum absolute atomic E-state index is 2.54. The molecule has 0 aromatic carbocycles. The van der Waals surface area contributed by atoms with E-state index in [0.717, 1.165) is 41.4 Å². The number of hydrogen-bond acceptors (Lipinski definition) is 0. The molecule has 3 aliphatic rings. The van der Waals surface area contributed by atoms with Gasteiger partial charge in [-0.3, -0.25) is 0 Å². The summed E-state index contributed by atoms with van der Waals surface area (Å²) in [5.41, 5.74) is 0. The molecule has 0 aromatic rings. The Hall–Kier alpha value is 0. The van der Waals surface area contributed by atoms with E-state index in [1.54, 1.807) is 64.2 Å². The fourth-order valence-corrected chi connectivity index (χ4v) is 7.54. The Balaban J connectivity index is 1.62. The van der Waals surface area contributed by atoms with Crippen molar-refractivity contribution in [1.29, 1.82) is 0 Å². The number of hydrogen-bond donors (Lipinski definition) is 0. The van der Waals surface area contributed by atoms with E-state index in [2.05, 4.69) is 20.8 Å². The van der Waals surface area contributed by atoms with E-state index in [0.29, 0.717) is 0 Å². The molecule has 3 aliphatic carbocycles. The first-order valence-corrected chi connectivity index (χ1v) is 13.7. The second kappa shape index (κ2) is 12.0. The SMILES string of the molecule is CCC1CCC2CCCCC2CCCC(C2CCCCC(C)CC(C)CC2)C1. The molecule has 0 heterocycles. The van der Waals surface area contributed by atoms with E-state index < -0.39 is 0 Å². The highest BCUT2D eigenvalue weighted by Crippen LogP contribution is 2.43. The normalized spacial score (nSPS) is 42.3. The molecule has 7 unspecified atom stereocenters. The fourth-order valence-electron chi connectivity index (χ4n) is 7.54. The highest BCUT2D eigenvalue weighted by atomic mass is 14.4. The van der Waals surface area contributed by atoms with Gasteiger partial charge in [0.05, 0.1) is 0 Å². The third-order valence-electron chi connectivity index (χ3n) is 9.40. The van der Waals surface area contributed by atoms with Crippen LogP contribution in [0.15, 0.2) is 0 Å². The molecular formula is C28H52. The van der Waals surface area contributed by atoms with E-state index in [1.807, 2.05) is 0 Å². The summed E-state index contributed by atoms with van der Waals surface area (Å²) in [7, 11) is 0. The lowest BCUT2D eigenvalue weighted by Crippen LogP contribution is -2.25. The van der Waals surface area contributed by atoms with Gasteiger partial charge in [0.2, 0.25) is 0 Å². The lowest BCUT2D eigenvalue weighted by atomic mass is 9.69. The third kappa shape index (κ3) is 7.05. The van der Waals surface area contributed by atoms with Crippen LogP contribution in [0, 0.1) is 41.4 Å². The molecule has 0 aromatic heterocycles. The van der Waals surface area contributed by atoms with Crippen LogP contribution in [0.2, 0.25) is 0 Å². The van der Waals surface area contributed by atoms with Gasteiger partial charge in [0.1, 0.15) is 0 Å². The van der Waals surface area contributed by atoms with Gasteiger partial charge in [-0.25, -0.2) is 0 Å². The summed E-state index contributed by atoms with van der Waals surface area (Å²) in [6, 6.07) is 0. The van der Waals surface area contributed by atoms with Crippen LogP contribution >= 0.6 is 0 Å². The molecular weight excluding hydrogens is 336 g/mol. The lowest BCUT2D eigenvalue weighted by molar-refractivity contribution is 0.144. The Morgan fingerprint density at radius 3 is 1.68 bits per heavy atom. The molecule has 7 atom stereocenters. The summed E-state index contributed by atoms with van der Waals surface area (Å²) < 4.78 is 0. The average Bonchev–Trinajstić information content (AvgIpc) is 2.70. The molecule has 0 radical (unpaired) electrons. The minimum atomic E-state index is 0.958. The van der Waals surface area contributed by atoms with Gasteiger partial charge in [-0.05, 0) is 67.1 Å². The van der Waals surface area contributed by atoms with Gasteiger partial charge in [-0.1, -0.05) is 111 Å². The summed E-state index contributed by atoms with van der Waals surface area (Å²) in [4.78, 5) is 0. The van der Waals surface area contributed by atoms with Crippen molar-refractivity contribution in [1.82, 2.24) is 0 Å². The Kier molecular flexibility index (Phi) is 9.72. The van der Waals surface area contributed by atoms with Gasteiger partial charge >= 0.3 is 0 Å². The third-order valence-corrected chi connectivity index (χ3v) is 9.40. The summed E-state index contributed by atoms with van der Waals surface area (Å²) in [6.45, 7) is 7.53. The monoisotopic (exact) mass is 388 g/mol. The summed E-state index contributed by atoms with van der Waals surface area (Å²) in [6.07, 6.45) is 27.6. The average molecular weight is 389 g/mol.